The molecule has 0 atom stereocenters. The molecule has 3 N–H and O–H groups in total. The summed E-state index contributed by atoms with van der Waals surface area (Å²) in [4.78, 5) is 4.18. The van der Waals surface area contributed by atoms with E-state index in [0.717, 1.165) is 30.0 Å². The maximum atomic E-state index is 5.80. The van der Waals surface area contributed by atoms with Gasteiger partial charge in [-0.05, 0) is 19.4 Å². The number of nitrogens with zero attached hydrogens (tertiary/aromatic N) is 1. The summed E-state index contributed by atoms with van der Waals surface area (Å²) in [6, 6.07) is 1.82. The van der Waals surface area contributed by atoms with Gasteiger partial charge in [0.25, 0.3) is 0 Å². The maximum Gasteiger partial charge on any atom is 0.0790 e. The fourth-order valence-electron chi connectivity index (χ4n) is 1.21. The van der Waals surface area contributed by atoms with Crippen LogP contribution in [-0.2, 0) is 0 Å². The van der Waals surface area contributed by atoms with Crippen LogP contribution in [0.1, 0.15) is 25.5 Å². The van der Waals surface area contributed by atoms with Gasteiger partial charge in [0, 0.05) is 12.7 Å². The number of hydrogen-bond donors (Lipinski definition) is 2. The molecule has 0 spiro atoms. The SMILES string of the molecule is CCCCNc1c(N)ccnc1C. The van der Waals surface area contributed by atoms with Crippen molar-refractivity contribution in [2.75, 3.05) is 17.6 Å². The zero-order valence-corrected chi connectivity index (χ0v) is 8.30. The molecule has 0 aliphatic carbocycles. The zero-order chi connectivity index (χ0) is 9.68. The first-order valence-electron chi connectivity index (χ1n) is 4.70. The predicted molar refractivity (Wildman–Crippen MR) is 56.8 cm³/mol. The molecule has 0 saturated heterocycles. The maximum absolute atomic E-state index is 5.80. The van der Waals surface area contributed by atoms with Crippen molar-refractivity contribution < 1.29 is 0 Å². The van der Waals surface area contributed by atoms with Crippen LogP contribution in [0.4, 0.5) is 11.4 Å². The summed E-state index contributed by atoms with van der Waals surface area (Å²) in [5.41, 5.74) is 8.53. The number of rotatable bonds is 4. The third-order valence-corrected chi connectivity index (χ3v) is 2.00. The van der Waals surface area contributed by atoms with E-state index in [9.17, 15) is 0 Å². The van der Waals surface area contributed by atoms with E-state index in [-0.39, 0.29) is 0 Å². The Hall–Kier alpha value is -1.25. The molecule has 1 aromatic heterocycles. The number of unbranched alkanes of at least 4 members (excludes halogenated alkanes) is 1. The smallest absolute Gasteiger partial charge is 0.0790 e. The van der Waals surface area contributed by atoms with E-state index in [4.69, 9.17) is 5.73 Å². The quantitative estimate of drug-likeness (QED) is 0.696. The lowest BCUT2D eigenvalue weighted by atomic mass is 10.2. The normalized spacial score (nSPS) is 10.0. The Morgan fingerprint density at radius 2 is 2.31 bits per heavy atom. The van der Waals surface area contributed by atoms with Gasteiger partial charge in [-0.1, -0.05) is 13.3 Å². The average molecular weight is 179 g/mol. The molecule has 1 aromatic rings. The lowest BCUT2D eigenvalue weighted by Crippen LogP contribution is -2.06. The minimum atomic E-state index is 0.781. The van der Waals surface area contributed by atoms with Crippen molar-refractivity contribution in [2.45, 2.75) is 26.7 Å². The summed E-state index contributed by atoms with van der Waals surface area (Å²) in [6.45, 7) is 5.10. The van der Waals surface area contributed by atoms with Crippen LogP contribution in [0.15, 0.2) is 12.3 Å². The first kappa shape index (κ1) is 9.84. The van der Waals surface area contributed by atoms with Crippen molar-refractivity contribution in [2.24, 2.45) is 0 Å². The molecule has 3 nitrogen and oxygen atoms in total. The van der Waals surface area contributed by atoms with E-state index >= 15 is 0 Å². The number of aromatic nitrogens is 1. The van der Waals surface area contributed by atoms with Crippen molar-refractivity contribution in [3.05, 3.63) is 18.0 Å². The number of pyridine rings is 1. The first-order valence-corrected chi connectivity index (χ1v) is 4.70. The van der Waals surface area contributed by atoms with Gasteiger partial charge in [0.05, 0.1) is 17.1 Å². The summed E-state index contributed by atoms with van der Waals surface area (Å²) in [5, 5.41) is 3.29. The van der Waals surface area contributed by atoms with Crippen molar-refractivity contribution >= 4 is 11.4 Å². The second kappa shape index (κ2) is 4.70. The molecule has 0 radical (unpaired) electrons. The highest BCUT2D eigenvalue weighted by atomic mass is 14.9. The summed E-state index contributed by atoms with van der Waals surface area (Å²) >= 11 is 0. The standard InChI is InChI=1S/C10H17N3/c1-3-4-6-13-10-8(2)12-7-5-9(10)11/h5,7,13H,3-4,6H2,1-2H3,(H2,11,12). The third kappa shape index (κ3) is 2.61. The molecule has 1 heterocycles. The lowest BCUT2D eigenvalue weighted by Gasteiger charge is -2.10. The van der Waals surface area contributed by atoms with Crippen molar-refractivity contribution in [1.82, 2.24) is 4.98 Å². The number of nitrogens with two attached hydrogens (primary N) is 1. The van der Waals surface area contributed by atoms with E-state index in [1.165, 1.54) is 6.42 Å². The Kier molecular flexibility index (Phi) is 3.55. The number of nitrogen functional groups attached to an aromatic ring is 1. The van der Waals surface area contributed by atoms with Gasteiger partial charge >= 0.3 is 0 Å². The Morgan fingerprint density at radius 1 is 1.54 bits per heavy atom. The Labute approximate surface area is 79.4 Å². The van der Waals surface area contributed by atoms with Crippen LogP contribution in [0.5, 0.6) is 0 Å². The topological polar surface area (TPSA) is 50.9 Å². The van der Waals surface area contributed by atoms with Gasteiger partial charge in [0.2, 0.25) is 0 Å². The van der Waals surface area contributed by atoms with E-state index in [1.807, 2.05) is 13.0 Å². The highest BCUT2D eigenvalue weighted by Gasteiger charge is 2.01. The average Bonchev–Trinajstić information content (AvgIpc) is 2.10. The molecule has 1 rings (SSSR count). The van der Waals surface area contributed by atoms with Crippen molar-refractivity contribution in [3.8, 4) is 0 Å². The van der Waals surface area contributed by atoms with E-state index in [1.54, 1.807) is 6.20 Å². The van der Waals surface area contributed by atoms with Crippen molar-refractivity contribution in [1.29, 1.82) is 0 Å². The van der Waals surface area contributed by atoms with Gasteiger partial charge < -0.3 is 11.1 Å². The molecule has 0 aliphatic rings. The highest BCUT2D eigenvalue weighted by molar-refractivity contribution is 5.67. The van der Waals surface area contributed by atoms with Crippen LogP contribution in [0.2, 0.25) is 0 Å². The molecule has 0 bridgehead atoms. The number of anilines is 2. The molecule has 0 amide bonds. The van der Waals surface area contributed by atoms with Gasteiger partial charge in [0.1, 0.15) is 0 Å². The summed E-state index contributed by atoms with van der Waals surface area (Å²) in [5.74, 6) is 0. The largest absolute Gasteiger partial charge is 0.397 e. The van der Waals surface area contributed by atoms with E-state index in [0.29, 0.717) is 0 Å². The summed E-state index contributed by atoms with van der Waals surface area (Å²) in [7, 11) is 0. The fraction of sp³-hybridized carbons (Fsp3) is 0.500. The van der Waals surface area contributed by atoms with Gasteiger partial charge in [-0.15, -0.1) is 0 Å². The fourth-order valence-corrected chi connectivity index (χ4v) is 1.21. The second-order valence-electron chi connectivity index (χ2n) is 3.14. The summed E-state index contributed by atoms with van der Waals surface area (Å²) < 4.78 is 0. The molecule has 13 heavy (non-hydrogen) atoms. The number of hydrogen-bond acceptors (Lipinski definition) is 3. The third-order valence-electron chi connectivity index (χ3n) is 2.00. The molecular formula is C10H17N3. The molecule has 0 saturated carbocycles. The monoisotopic (exact) mass is 179 g/mol. The van der Waals surface area contributed by atoms with Crippen LogP contribution < -0.4 is 11.1 Å². The highest BCUT2D eigenvalue weighted by Crippen LogP contribution is 2.19. The molecule has 0 aliphatic heterocycles. The van der Waals surface area contributed by atoms with Gasteiger partial charge in [-0.25, -0.2) is 0 Å². The molecule has 0 fully saturated rings. The minimum absolute atomic E-state index is 0.781. The van der Waals surface area contributed by atoms with Crippen LogP contribution >= 0.6 is 0 Å². The molecule has 3 heteroatoms. The zero-order valence-electron chi connectivity index (χ0n) is 8.30. The minimum Gasteiger partial charge on any atom is -0.397 e. The van der Waals surface area contributed by atoms with Gasteiger partial charge in [-0.3, -0.25) is 4.98 Å². The van der Waals surface area contributed by atoms with Crippen LogP contribution in [-0.4, -0.2) is 11.5 Å². The molecule has 72 valence electrons. The lowest BCUT2D eigenvalue weighted by molar-refractivity contribution is 0.833. The molecular weight excluding hydrogens is 162 g/mol. The van der Waals surface area contributed by atoms with E-state index in [2.05, 4.69) is 17.2 Å². The Bertz CT molecular complexity index is 251. The van der Waals surface area contributed by atoms with Crippen LogP contribution in [0.25, 0.3) is 0 Å². The molecule has 0 aromatic carbocycles. The van der Waals surface area contributed by atoms with Gasteiger partial charge in [0.15, 0.2) is 0 Å². The number of aryl methyl sites for hydroxylation is 1. The summed E-state index contributed by atoms with van der Waals surface area (Å²) in [6.07, 6.45) is 4.08. The Balaban J connectivity index is 2.64. The second-order valence-corrected chi connectivity index (χ2v) is 3.14. The van der Waals surface area contributed by atoms with Crippen molar-refractivity contribution in [3.63, 3.8) is 0 Å². The van der Waals surface area contributed by atoms with Gasteiger partial charge in [-0.2, -0.15) is 0 Å². The first-order chi connectivity index (χ1) is 6.25. The Morgan fingerprint density at radius 3 is 2.92 bits per heavy atom. The van der Waals surface area contributed by atoms with Crippen LogP contribution in [0.3, 0.4) is 0 Å². The molecule has 0 unspecified atom stereocenters. The van der Waals surface area contributed by atoms with Crippen LogP contribution in [0, 0.1) is 6.92 Å². The predicted octanol–water partition coefficient (Wildman–Crippen LogP) is 2.18. The van der Waals surface area contributed by atoms with E-state index < -0.39 is 0 Å². The number of nitrogens with one attached hydrogen (secondary N) is 1.